The minimum Gasteiger partial charge on any atom is -0.457 e. The molecule has 0 spiro atoms. The number of nitrogens with zero attached hydrogens (tertiary/aromatic N) is 1. The van der Waals surface area contributed by atoms with Crippen LogP contribution in [0.5, 0.6) is 11.5 Å². The third-order valence-electron chi connectivity index (χ3n) is 4.67. The van der Waals surface area contributed by atoms with E-state index >= 15 is 0 Å². The summed E-state index contributed by atoms with van der Waals surface area (Å²) in [5.41, 5.74) is 0.0659. The Kier molecular flexibility index (Phi) is 4.30. The molecule has 2 aromatic carbocycles. The van der Waals surface area contributed by atoms with E-state index in [1.165, 1.54) is 12.1 Å². The smallest absolute Gasteiger partial charge is 0.457 e. The van der Waals surface area contributed by atoms with E-state index in [0.717, 1.165) is 5.46 Å². The van der Waals surface area contributed by atoms with Crippen LogP contribution in [0, 0.1) is 10.1 Å². The number of hydrogen-bond donors (Lipinski definition) is 0. The SMILES string of the molecule is CC1(C)OB(c2cccc(Oc3ccc([N+](=O)[O-])cc3)c2)OC1(C)C. The van der Waals surface area contributed by atoms with E-state index in [4.69, 9.17) is 14.0 Å². The number of ether oxygens (including phenoxy) is 1. The molecule has 1 saturated heterocycles. The van der Waals surface area contributed by atoms with Crippen molar-refractivity contribution in [3.63, 3.8) is 0 Å². The van der Waals surface area contributed by atoms with E-state index in [-0.39, 0.29) is 5.69 Å². The lowest BCUT2D eigenvalue weighted by molar-refractivity contribution is -0.384. The quantitative estimate of drug-likeness (QED) is 0.482. The van der Waals surface area contributed by atoms with Gasteiger partial charge in [0.05, 0.1) is 16.1 Å². The Bertz CT molecular complexity index is 772. The Morgan fingerprint density at radius 1 is 0.960 bits per heavy atom. The Balaban J connectivity index is 1.77. The molecule has 0 aliphatic carbocycles. The van der Waals surface area contributed by atoms with Crippen molar-refractivity contribution in [2.75, 3.05) is 0 Å². The fourth-order valence-corrected chi connectivity index (χ4v) is 2.48. The van der Waals surface area contributed by atoms with Crippen molar-refractivity contribution in [1.29, 1.82) is 0 Å². The summed E-state index contributed by atoms with van der Waals surface area (Å²) in [5.74, 6) is 1.14. The first-order valence-corrected chi connectivity index (χ1v) is 8.06. The van der Waals surface area contributed by atoms with Gasteiger partial charge in [0, 0.05) is 12.1 Å². The van der Waals surface area contributed by atoms with Crippen molar-refractivity contribution in [2.45, 2.75) is 38.9 Å². The predicted octanol–water partition coefficient (Wildman–Crippen LogP) is 3.69. The van der Waals surface area contributed by atoms with Gasteiger partial charge in [-0.05, 0) is 57.4 Å². The first-order chi connectivity index (χ1) is 11.7. The highest BCUT2D eigenvalue weighted by atomic mass is 16.7. The van der Waals surface area contributed by atoms with Gasteiger partial charge in [-0.25, -0.2) is 0 Å². The van der Waals surface area contributed by atoms with Gasteiger partial charge in [-0.1, -0.05) is 12.1 Å². The maximum absolute atomic E-state index is 10.7. The third-order valence-corrected chi connectivity index (χ3v) is 4.67. The number of nitro groups is 1. The lowest BCUT2D eigenvalue weighted by Crippen LogP contribution is -2.41. The average Bonchev–Trinajstić information content (AvgIpc) is 2.76. The molecule has 1 heterocycles. The van der Waals surface area contributed by atoms with Crippen LogP contribution < -0.4 is 10.2 Å². The first kappa shape index (κ1) is 17.4. The minimum atomic E-state index is -0.467. The summed E-state index contributed by atoms with van der Waals surface area (Å²) in [5, 5.41) is 10.7. The molecule has 0 saturated carbocycles. The van der Waals surface area contributed by atoms with Crippen LogP contribution in [0.4, 0.5) is 5.69 Å². The highest BCUT2D eigenvalue weighted by Gasteiger charge is 2.51. The van der Waals surface area contributed by atoms with Crippen LogP contribution >= 0.6 is 0 Å². The molecular formula is C18H20BNO5. The molecule has 25 heavy (non-hydrogen) atoms. The zero-order valence-corrected chi connectivity index (χ0v) is 14.7. The summed E-state index contributed by atoms with van der Waals surface area (Å²) < 4.78 is 17.9. The fraction of sp³-hybridized carbons (Fsp3) is 0.333. The molecule has 2 aromatic rings. The van der Waals surface area contributed by atoms with Crippen molar-refractivity contribution in [2.24, 2.45) is 0 Å². The van der Waals surface area contributed by atoms with Gasteiger partial charge in [0.15, 0.2) is 0 Å². The van der Waals surface area contributed by atoms with Gasteiger partial charge < -0.3 is 14.0 Å². The van der Waals surface area contributed by atoms with Crippen LogP contribution in [0.15, 0.2) is 48.5 Å². The van der Waals surface area contributed by atoms with E-state index < -0.39 is 23.2 Å². The average molecular weight is 341 g/mol. The summed E-state index contributed by atoms with van der Waals surface area (Å²) in [6, 6.07) is 13.4. The molecule has 0 bridgehead atoms. The molecule has 0 radical (unpaired) electrons. The minimum absolute atomic E-state index is 0.0262. The number of rotatable bonds is 4. The van der Waals surface area contributed by atoms with Crippen LogP contribution in [0.1, 0.15) is 27.7 Å². The molecule has 1 fully saturated rings. The zero-order chi connectivity index (χ0) is 18.2. The predicted molar refractivity (Wildman–Crippen MR) is 95.3 cm³/mol. The Morgan fingerprint density at radius 3 is 2.12 bits per heavy atom. The van der Waals surface area contributed by atoms with Gasteiger partial charge in [-0.3, -0.25) is 10.1 Å². The van der Waals surface area contributed by atoms with Gasteiger partial charge in [0.2, 0.25) is 0 Å². The molecule has 0 aromatic heterocycles. The third kappa shape index (κ3) is 3.52. The summed E-state index contributed by atoms with van der Waals surface area (Å²) in [6.07, 6.45) is 0. The fourth-order valence-electron chi connectivity index (χ4n) is 2.48. The van der Waals surface area contributed by atoms with Crippen molar-refractivity contribution in [3.05, 3.63) is 58.6 Å². The highest BCUT2D eigenvalue weighted by molar-refractivity contribution is 6.62. The molecular weight excluding hydrogens is 321 g/mol. The number of non-ortho nitro benzene ring substituents is 1. The van der Waals surface area contributed by atoms with Crippen molar-refractivity contribution >= 4 is 18.3 Å². The number of nitro benzene ring substituents is 1. The Hall–Kier alpha value is -2.38. The normalized spacial score (nSPS) is 18.2. The largest absolute Gasteiger partial charge is 0.494 e. The summed E-state index contributed by atoms with van der Waals surface area (Å²) in [7, 11) is -0.467. The second-order valence-corrected chi connectivity index (χ2v) is 7.01. The summed E-state index contributed by atoms with van der Waals surface area (Å²) >= 11 is 0. The molecule has 0 amide bonds. The maximum Gasteiger partial charge on any atom is 0.494 e. The Labute approximate surface area is 147 Å². The van der Waals surface area contributed by atoms with Crippen LogP contribution in [0.3, 0.4) is 0 Å². The van der Waals surface area contributed by atoms with E-state index in [1.807, 2.05) is 52.0 Å². The van der Waals surface area contributed by atoms with Crippen LogP contribution in [0.25, 0.3) is 0 Å². The molecule has 130 valence electrons. The molecule has 1 aliphatic heterocycles. The topological polar surface area (TPSA) is 70.8 Å². The standard InChI is InChI=1S/C18H20BNO5/c1-17(2)18(3,4)25-19(24-17)13-6-5-7-16(12-13)23-15-10-8-14(9-11-15)20(21)22/h5-12H,1-4H3. The second-order valence-electron chi connectivity index (χ2n) is 7.01. The van der Waals surface area contributed by atoms with E-state index in [1.54, 1.807) is 12.1 Å². The van der Waals surface area contributed by atoms with E-state index in [0.29, 0.717) is 11.5 Å². The molecule has 0 N–H and O–H groups in total. The zero-order valence-electron chi connectivity index (χ0n) is 14.7. The van der Waals surface area contributed by atoms with Crippen molar-refractivity contribution in [3.8, 4) is 11.5 Å². The van der Waals surface area contributed by atoms with Gasteiger partial charge in [-0.2, -0.15) is 0 Å². The summed E-state index contributed by atoms with van der Waals surface area (Å²) in [6.45, 7) is 8.02. The lowest BCUT2D eigenvalue weighted by Gasteiger charge is -2.32. The second kappa shape index (κ2) is 6.17. The molecule has 1 aliphatic rings. The Morgan fingerprint density at radius 2 is 1.56 bits per heavy atom. The van der Waals surface area contributed by atoms with Gasteiger partial charge in [0.25, 0.3) is 5.69 Å². The van der Waals surface area contributed by atoms with Gasteiger partial charge >= 0.3 is 7.12 Å². The molecule has 0 atom stereocenters. The van der Waals surface area contributed by atoms with Gasteiger partial charge in [-0.15, -0.1) is 0 Å². The van der Waals surface area contributed by atoms with Crippen molar-refractivity contribution < 1.29 is 19.0 Å². The maximum atomic E-state index is 10.7. The molecule has 3 rings (SSSR count). The number of hydrogen-bond acceptors (Lipinski definition) is 5. The summed E-state index contributed by atoms with van der Waals surface area (Å²) in [4.78, 5) is 10.3. The van der Waals surface area contributed by atoms with Crippen molar-refractivity contribution in [1.82, 2.24) is 0 Å². The lowest BCUT2D eigenvalue weighted by atomic mass is 9.79. The van der Waals surface area contributed by atoms with Crippen LogP contribution in [-0.2, 0) is 9.31 Å². The van der Waals surface area contributed by atoms with Crippen LogP contribution in [-0.4, -0.2) is 23.2 Å². The first-order valence-electron chi connectivity index (χ1n) is 8.06. The van der Waals surface area contributed by atoms with E-state index in [9.17, 15) is 10.1 Å². The monoisotopic (exact) mass is 341 g/mol. The van der Waals surface area contributed by atoms with Crippen LogP contribution in [0.2, 0.25) is 0 Å². The molecule has 0 unspecified atom stereocenters. The highest BCUT2D eigenvalue weighted by Crippen LogP contribution is 2.36. The molecule has 6 nitrogen and oxygen atoms in total. The number of benzene rings is 2. The molecule has 7 heteroatoms. The van der Waals surface area contributed by atoms with Gasteiger partial charge in [0.1, 0.15) is 11.5 Å². The van der Waals surface area contributed by atoms with E-state index in [2.05, 4.69) is 0 Å².